The van der Waals surface area contributed by atoms with Crippen molar-refractivity contribution in [3.05, 3.63) is 67.7 Å². The van der Waals surface area contributed by atoms with Crippen LogP contribution in [0.3, 0.4) is 0 Å². The summed E-state index contributed by atoms with van der Waals surface area (Å²) < 4.78 is 0. The molecule has 7 nitrogen and oxygen atoms in total. The minimum atomic E-state index is -0.773. The zero-order valence-electron chi connectivity index (χ0n) is 12.4. The Morgan fingerprint density at radius 3 is 2.68 bits per heavy atom. The SMILES string of the molecule is N#C/C(=C/c1ccc(O)c([N+](=O)[O-])c1)C(=O)Nc1cccc(Cl)c1Cl. The normalized spacial score (nSPS) is 10.8. The van der Waals surface area contributed by atoms with Crippen LogP contribution >= 0.6 is 23.2 Å². The maximum Gasteiger partial charge on any atom is 0.311 e. The number of anilines is 1. The van der Waals surface area contributed by atoms with Gasteiger partial charge in [0, 0.05) is 6.07 Å². The summed E-state index contributed by atoms with van der Waals surface area (Å²) >= 11 is 11.8. The summed E-state index contributed by atoms with van der Waals surface area (Å²) in [5.74, 6) is -1.28. The second-order valence-corrected chi connectivity index (χ2v) is 5.52. The summed E-state index contributed by atoms with van der Waals surface area (Å²) in [6.07, 6.45) is 1.15. The summed E-state index contributed by atoms with van der Waals surface area (Å²) in [6, 6.07) is 9.81. The smallest absolute Gasteiger partial charge is 0.311 e. The average Bonchev–Trinajstić information content (AvgIpc) is 2.57. The zero-order chi connectivity index (χ0) is 18.6. The van der Waals surface area contributed by atoms with Gasteiger partial charge in [-0.1, -0.05) is 35.3 Å². The number of nitro groups is 1. The fraction of sp³-hybridized carbons (Fsp3) is 0. The van der Waals surface area contributed by atoms with Gasteiger partial charge >= 0.3 is 5.69 Å². The van der Waals surface area contributed by atoms with Gasteiger partial charge in [0.1, 0.15) is 11.6 Å². The zero-order valence-corrected chi connectivity index (χ0v) is 13.9. The maximum atomic E-state index is 12.2. The Labute approximate surface area is 151 Å². The van der Waals surface area contributed by atoms with E-state index in [0.717, 1.165) is 18.2 Å². The van der Waals surface area contributed by atoms with Crippen LogP contribution in [0.4, 0.5) is 11.4 Å². The molecular weight excluding hydrogens is 369 g/mol. The Bertz CT molecular complexity index is 935. The average molecular weight is 378 g/mol. The molecule has 0 fully saturated rings. The number of nitrogens with one attached hydrogen (secondary N) is 1. The van der Waals surface area contributed by atoms with Crippen LogP contribution in [0.1, 0.15) is 5.56 Å². The number of amides is 1. The van der Waals surface area contributed by atoms with Crippen molar-refractivity contribution in [2.75, 3.05) is 5.32 Å². The minimum Gasteiger partial charge on any atom is -0.502 e. The van der Waals surface area contributed by atoms with E-state index >= 15 is 0 Å². The van der Waals surface area contributed by atoms with Crippen LogP contribution in [-0.4, -0.2) is 15.9 Å². The number of carbonyl (C=O) groups is 1. The number of nitrogens with zero attached hydrogens (tertiary/aromatic N) is 2. The van der Waals surface area contributed by atoms with E-state index in [1.165, 1.54) is 18.2 Å². The number of hydrogen-bond donors (Lipinski definition) is 2. The van der Waals surface area contributed by atoms with Crippen LogP contribution in [-0.2, 0) is 4.79 Å². The molecule has 0 unspecified atom stereocenters. The van der Waals surface area contributed by atoms with Gasteiger partial charge in [0.25, 0.3) is 5.91 Å². The van der Waals surface area contributed by atoms with Gasteiger partial charge in [-0.15, -0.1) is 0 Å². The van der Waals surface area contributed by atoms with Crippen LogP contribution in [0, 0.1) is 21.4 Å². The van der Waals surface area contributed by atoms with Crippen LogP contribution in [0.5, 0.6) is 5.75 Å². The Kier molecular flexibility index (Phi) is 5.60. The molecule has 2 N–H and O–H groups in total. The number of aromatic hydroxyl groups is 1. The van der Waals surface area contributed by atoms with Crippen LogP contribution < -0.4 is 5.32 Å². The molecule has 0 spiro atoms. The highest BCUT2D eigenvalue weighted by Crippen LogP contribution is 2.30. The van der Waals surface area contributed by atoms with Crippen LogP contribution in [0.2, 0.25) is 10.0 Å². The first-order valence-electron chi connectivity index (χ1n) is 6.68. The van der Waals surface area contributed by atoms with Gasteiger partial charge < -0.3 is 10.4 Å². The second-order valence-electron chi connectivity index (χ2n) is 4.73. The monoisotopic (exact) mass is 377 g/mol. The van der Waals surface area contributed by atoms with E-state index in [2.05, 4.69) is 5.32 Å². The predicted octanol–water partition coefficient (Wildman–Crippen LogP) is 4.15. The molecule has 0 aromatic heterocycles. The van der Waals surface area contributed by atoms with Crippen molar-refractivity contribution in [1.29, 1.82) is 5.26 Å². The Balaban J connectivity index is 2.33. The number of hydrogen-bond acceptors (Lipinski definition) is 5. The molecule has 9 heteroatoms. The van der Waals surface area contributed by atoms with Crippen molar-refractivity contribution < 1.29 is 14.8 Å². The third kappa shape index (κ3) is 4.26. The summed E-state index contributed by atoms with van der Waals surface area (Å²) in [4.78, 5) is 22.3. The van der Waals surface area contributed by atoms with Gasteiger partial charge in [-0.3, -0.25) is 14.9 Å². The molecule has 0 bridgehead atoms. The lowest BCUT2D eigenvalue weighted by atomic mass is 10.1. The van der Waals surface area contributed by atoms with Gasteiger partial charge in [-0.05, 0) is 29.8 Å². The summed E-state index contributed by atoms with van der Waals surface area (Å²) in [5.41, 5.74) is -0.425. The van der Waals surface area contributed by atoms with Crippen molar-refractivity contribution in [3.8, 4) is 11.8 Å². The van der Waals surface area contributed by atoms with Gasteiger partial charge in [0.05, 0.1) is 20.7 Å². The maximum absolute atomic E-state index is 12.2. The predicted molar refractivity (Wildman–Crippen MR) is 93.4 cm³/mol. The highest BCUT2D eigenvalue weighted by molar-refractivity contribution is 6.44. The number of nitro benzene ring substituents is 1. The van der Waals surface area contributed by atoms with E-state index in [0.29, 0.717) is 0 Å². The van der Waals surface area contributed by atoms with E-state index in [1.54, 1.807) is 12.1 Å². The van der Waals surface area contributed by atoms with Crippen molar-refractivity contribution in [3.63, 3.8) is 0 Å². The first-order valence-corrected chi connectivity index (χ1v) is 7.43. The first kappa shape index (κ1) is 18.3. The van der Waals surface area contributed by atoms with E-state index in [4.69, 9.17) is 23.2 Å². The van der Waals surface area contributed by atoms with Gasteiger partial charge in [-0.2, -0.15) is 5.26 Å². The number of carbonyl (C=O) groups excluding carboxylic acids is 1. The van der Waals surface area contributed by atoms with Crippen LogP contribution in [0.15, 0.2) is 42.0 Å². The standard InChI is InChI=1S/C16H9Cl2N3O4/c17-11-2-1-3-12(15(11)18)20-16(23)10(8-19)6-9-4-5-14(22)13(7-9)21(24)25/h1-7,22H,(H,20,23)/b10-6-. The lowest BCUT2D eigenvalue weighted by Gasteiger charge is -2.07. The molecule has 2 aromatic rings. The Hall–Kier alpha value is -3.08. The molecular formula is C16H9Cl2N3O4. The minimum absolute atomic E-state index is 0.120. The Morgan fingerprint density at radius 1 is 1.32 bits per heavy atom. The van der Waals surface area contributed by atoms with Crippen molar-refractivity contribution in [2.45, 2.75) is 0 Å². The van der Waals surface area contributed by atoms with Gasteiger partial charge in [0.2, 0.25) is 0 Å². The van der Waals surface area contributed by atoms with Gasteiger partial charge in [-0.25, -0.2) is 0 Å². The largest absolute Gasteiger partial charge is 0.502 e. The molecule has 0 aliphatic heterocycles. The van der Waals surface area contributed by atoms with E-state index in [9.17, 15) is 25.3 Å². The third-order valence-corrected chi connectivity index (χ3v) is 3.89. The quantitative estimate of drug-likeness (QED) is 0.359. The molecule has 0 aliphatic carbocycles. The fourth-order valence-corrected chi connectivity index (χ4v) is 2.23. The third-order valence-electron chi connectivity index (χ3n) is 3.07. The Morgan fingerprint density at radius 2 is 2.04 bits per heavy atom. The lowest BCUT2D eigenvalue weighted by Crippen LogP contribution is -2.13. The molecule has 0 atom stereocenters. The lowest BCUT2D eigenvalue weighted by molar-refractivity contribution is -0.385. The van der Waals surface area contributed by atoms with E-state index in [1.807, 2.05) is 0 Å². The summed E-state index contributed by atoms with van der Waals surface area (Å²) in [7, 11) is 0. The number of benzene rings is 2. The fourth-order valence-electron chi connectivity index (χ4n) is 1.88. The molecule has 0 saturated heterocycles. The topological polar surface area (TPSA) is 116 Å². The molecule has 0 heterocycles. The van der Waals surface area contributed by atoms with Crippen LogP contribution in [0.25, 0.3) is 6.08 Å². The summed E-state index contributed by atoms with van der Waals surface area (Å²) in [6.45, 7) is 0. The van der Waals surface area contributed by atoms with E-state index < -0.39 is 22.3 Å². The molecule has 2 aromatic carbocycles. The van der Waals surface area contributed by atoms with Crippen molar-refractivity contribution in [2.24, 2.45) is 0 Å². The first-order chi connectivity index (χ1) is 11.8. The number of nitriles is 1. The molecule has 2 rings (SSSR count). The number of rotatable bonds is 4. The van der Waals surface area contributed by atoms with Crippen molar-refractivity contribution >= 4 is 46.6 Å². The molecule has 0 aliphatic rings. The van der Waals surface area contributed by atoms with E-state index in [-0.39, 0.29) is 26.9 Å². The highest BCUT2D eigenvalue weighted by atomic mass is 35.5. The molecule has 0 saturated carbocycles. The number of halogens is 2. The van der Waals surface area contributed by atoms with Gasteiger partial charge in [0.15, 0.2) is 5.75 Å². The summed E-state index contributed by atoms with van der Waals surface area (Å²) in [5, 5.41) is 32.2. The number of phenols is 1. The van der Waals surface area contributed by atoms with Crippen molar-refractivity contribution in [1.82, 2.24) is 0 Å². The number of phenolic OH excluding ortho intramolecular Hbond substituents is 1. The molecule has 0 radical (unpaired) electrons. The molecule has 126 valence electrons. The molecule has 1 amide bonds. The molecule has 25 heavy (non-hydrogen) atoms. The highest BCUT2D eigenvalue weighted by Gasteiger charge is 2.16. The second kappa shape index (κ2) is 7.66.